The number of hydrogen-bond donors (Lipinski definition) is 3. The first-order valence-corrected chi connectivity index (χ1v) is 12.3. The average molecular weight is 529 g/mol. The number of aromatic nitrogens is 4. The Balaban J connectivity index is 1.59. The number of benzene rings is 2. The molecule has 3 heterocycles. The summed E-state index contributed by atoms with van der Waals surface area (Å²) in [6, 6.07) is 13.8. The number of carbonyl (C=O) groups excluding carboxylic acids is 1. The molecule has 14 nitrogen and oxygen atoms in total. The van der Waals surface area contributed by atoms with E-state index >= 15 is 0 Å². The van der Waals surface area contributed by atoms with Crippen LogP contribution in [-0.2, 0) is 14.8 Å². The van der Waals surface area contributed by atoms with E-state index in [2.05, 4.69) is 40.3 Å². The fourth-order valence-corrected chi connectivity index (χ4v) is 4.59. The van der Waals surface area contributed by atoms with Gasteiger partial charge in [0.25, 0.3) is 21.9 Å². The fraction of sp³-hybridized carbons (Fsp3) is 0.0435. The molecule has 5 rings (SSSR count). The number of amidine groups is 1. The molecule has 1 amide bonds. The van der Waals surface area contributed by atoms with Crippen LogP contribution in [0.3, 0.4) is 0 Å². The Kier molecular flexibility index (Phi) is 6.29. The van der Waals surface area contributed by atoms with Crippen LogP contribution in [0.5, 0.6) is 5.75 Å². The van der Waals surface area contributed by atoms with Crippen LogP contribution in [0, 0.1) is 11.3 Å². The number of aromatic hydroxyl groups is 1. The Hall–Kier alpha value is -5.49. The third kappa shape index (κ3) is 4.66. The first kappa shape index (κ1) is 24.2. The van der Waals surface area contributed by atoms with Crippen molar-refractivity contribution < 1.29 is 18.3 Å². The van der Waals surface area contributed by atoms with E-state index in [4.69, 9.17) is 0 Å². The molecule has 4 aromatic rings. The number of amides is 1. The minimum atomic E-state index is -4.18. The maximum atomic E-state index is 13.4. The van der Waals surface area contributed by atoms with Crippen LogP contribution in [0.15, 0.2) is 92.7 Å². The lowest BCUT2D eigenvalue weighted by molar-refractivity contribution is -0.116. The Morgan fingerprint density at radius 1 is 1.11 bits per heavy atom. The van der Waals surface area contributed by atoms with Crippen LogP contribution in [0.4, 0.5) is 17.2 Å². The lowest BCUT2D eigenvalue weighted by Crippen LogP contribution is -2.39. The molecule has 2 aromatic heterocycles. The number of azo groups is 1. The van der Waals surface area contributed by atoms with Gasteiger partial charge in [0.1, 0.15) is 22.3 Å². The summed E-state index contributed by atoms with van der Waals surface area (Å²) in [5.74, 6) is -1.45. The number of nitrogens with zero attached hydrogens (tertiary/aromatic N) is 8. The van der Waals surface area contributed by atoms with Crippen molar-refractivity contribution in [1.82, 2.24) is 19.7 Å². The minimum Gasteiger partial charge on any atom is -0.506 e. The molecule has 1 aliphatic rings. The maximum Gasteiger partial charge on any atom is 0.286 e. The molecule has 3 N–H and O–H groups in total. The van der Waals surface area contributed by atoms with Crippen molar-refractivity contribution in [2.45, 2.75) is 10.9 Å². The van der Waals surface area contributed by atoms with Gasteiger partial charge in [0.2, 0.25) is 6.04 Å². The van der Waals surface area contributed by atoms with Gasteiger partial charge in [-0.3, -0.25) is 4.79 Å². The van der Waals surface area contributed by atoms with Gasteiger partial charge in [0, 0.05) is 12.4 Å². The monoisotopic (exact) mass is 528 g/mol. The Bertz CT molecular complexity index is 1740. The lowest BCUT2D eigenvalue weighted by Gasteiger charge is -2.21. The number of anilines is 2. The molecular formula is C23H16N10O4S. The van der Waals surface area contributed by atoms with Crippen molar-refractivity contribution in [2.75, 3.05) is 10.6 Å². The smallest absolute Gasteiger partial charge is 0.286 e. The number of nitrogens with one attached hydrogen (secondary N) is 2. The molecule has 0 saturated carbocycles. The number of para-hydroxylation sites is 3. The first-order chi connectivity index (χ1) is 18.4. The summed E-state index contributed by atoms with van der Waals surface area (Å²) >= 11 is 0. The van der Waals surface area contributed by atoms with E-state index in [1.165, 1.54) is 48.9 Å². The molecule has 1 atom stereocenters. The topological polar surface area (TPSA) is 200 Å². The summed E-state index contributed by atoms with van der Waals surface area (Å²) in [5.41, 5.74) is 0.240. The molecule has 188 valence electrons. The molecular weight excluding hydrogens is 512 g/mol. The van der Waals surface area contributed by atoms with Crippen LogP contribution < -0.4 is 10.6 Å². The molecule has 2 aromatic carbocycles. The van der Waals surface area contributed by atoms with Gasteiger partial charge in [-0.15, -0.1) is 9.51 Å². The minimum absolute atomic E-state index is 0.00225. The van der Waals surface area contributed by atoms with Crippen molar-refractivity contribution in [3.05, 3.63) is 78.8 Å². The van der Waals surface area contributed by atoms with Gasteiger partial charge in [-0.05, 0) is 30.3 Å². The number of sulfonamides is 1. The zero-order valence-electron chi connectivity index (χ0n) is 19.2. The molecule has 0 aliphatic carbocycles. The maximum absolute atomic E-state index is 13.4. The van der Waals surface area contributed by atoms with Crippen molar-refractivity contribution in [3.8, 4) is 17.8 Å². The van der Waals surface area contributed by atoms with Crippen molar-refractivity contribution in [2.24, 2.45) is 14.6 Å². The zero-order valence-corrected chi connectivity index (χ0v) is 20.0. The number of nitriles is 1. The summed E-state index contributed by atoms with van der Waals surface area (Å²) in [7, 11) is -4.18. The van der Waals surface area contributed by atoms with E-state index < -0.39 is 22.0 Å². The molecule has 1 aliphatic heterocycles. The third-order valence-corrected chi connectivity index (χ3v) is 6.54. The second kappa shape index (κ2) is 9.87. The Labute approximate surface area is 215 Å². The van der Waals surface area contributed by atoms with Crippen LogP contribution in [-0.4, -0.2) is 51.1 Å². The summed E-state index contributed by atoms with van der Waals surface area (Å²) in [6.45, 7) is 0. The first-order valence-electron chi connectivity index (χ1n) is 10.8. The SMILES string of the molecule is N#Cc1cnn(-c2ncccn2)c1N=NC(C(=O)Nc1ccccc1O)C1=NS(=O)(=O)c2ccccc2N1. The molecule has 0 saturated heterocycles. The summed E-state index contributed by atoms with van der Waals surface area (Å²) < 4.78 is 30.6. The number of fused-ring (bicyclic) bond motifs is 1. The largest absolute Gasteiger partial charge is 0.506 e. The van der Waals surface area contributed by atoms with Gasteiger partial charge < -0.3 is 15.7 Å². The van der Waals surface area contributed by atoms with Gasteiger partial charge in [-0.25, -0.2) is 9.97 Å². The second-order valence-corrected chi connectivity index (χ2v) is 9.22. The third-order valence-electron chi connectivity index (χ3n) is 5.19. The molecule has 1 unspecified atom stereocenters. The highest BCUT2D eigenvalue weighted by atomic mass is 32.2. The van der Waals surface area contributed by atoms with Crippen molar-refractivity contribution in [1.29, 1.82) is 5.26 Å². The van der Waals surface area contributed by atoms with Crippen LogP contribution >= 0.6 is 0 Å². The van der Waals surface area contributed by atoms with E-state index in [0.717, 1.165) is 4.68 Å². The summed E-state index contributed by atoms with van der Waals surface area (Å²) in [6.07, 6.45) is 4.14. The van der Waals surface area contributed by atoms with Gasteiger partial charge in [-0.2, -0.15) is 28.6 Å². The molecule has 0 bridgehead atoms. The van der Waals surface area contributed by atoms with Gasteiger partial charge >= 0.3 is 0 Å². The molecule has 0 fully saturated rings. The number of carbonyl (C=O) groups is 1. The highest BCUT2D eigenvalue weighted by Gasteiger charge is 2.33. The van der Waals surface area contributed by atoms with E-state index in [1.807, 2.05) is 6.07 Å². The number of hydrogen-bond acceptors (Lipinski definition) is 11. The van der Waals surface area contributed by atoms with E-state index in [1.54, 1.807) is 24.3 Å². The van der Waals surface area contributed by atoms with Crippen molar-refractivity contribution in [3.63, 3.8) is 0 Å². The van der Waals surface area contributed by atoms with Gasteiger partial charge in [0.15, 0.2) is 11.7 Å². The molecule has 15 heteroatoms. The summed E-state index contributed by atoms with van der Waals surface area (Å²) in [5, 5.41) is 37.1. The Morgan fingerprint density at radius 2 is 1.84 bits per heavy atom. The molecule has 0 radical (unpaired) electrons. The molecule has 0 spiro atoms. The highest BCUT2D eigenvalue weighted by molar-refractivity contribution is 7.90. The van der Waals surface area contributed by atoms with Crippen LogP contribution in [0.25, 0.3) is 5.95 Å². The number of phenolic OH excluding ortho intramolecular Hbond substituents is 1. The normalized spacial score (nSPS) is 14.6. The standard InChI is InChI=1S/C23H16N10O4S/c24-12-14-13-27-33(23-25-10-5-11-26-23)21(14)31-30-19(22(35)29-15-6-1-3-8-17(15)34)20-28-16-7-2-4-9-18(16)38(36,37)32-20/h1-11,13,19,34H,(H,28,32)(H,29,35). The average Bonchev–Trinajstić information content (AvgIpc) is 3.33. The number of phenols is 1. The van der Waals surface area contributed by atoms with Crippen molar-refractivity contribution >= 4 is 39.0 Å². The van der Waals surface area contributed by atoms with Crippen LogP contribution in [0.1, 0.15) is 5.56 Å². The quantitative estimate of drug-likeness (QED) is 0.248. The Morgan fingerprint density at radius 3 is 2.61 bits per heavy atom. The lowest BCUT2D eigenvalue weighted by atomic mass is 10.2. The van der Waals surface area contributed by atoms with E-state index in [9.17, 15) is 23.6 Å². The zero-order chi connectivity index (χ0) is 26.7. The van der Waals surface area contributed by atoms with Gasteiger partial charge in [0.05, 0.1) is 17.6 Å². The number of rotatable bonds is 6. The highest BCUT2D eigenvalue weighted by Crippen LogP contribution is 2.29. The fourth-order valence-electron chi connectivity index (χ4n) is 3.44. The van der Waals surface area contributed by atoms with Gasteiger partial charge in [-0.1, -0.05) is 24.3 Å². The molecule has 38 heavy (non-hydrogen) atoms. The predicted octanol–water partition coefficient (Wildman–Crippen LogP) is 2.54. The summed E-state index contributed by atoms with van der Waals surface area (Å²) in [4.78, 5) is 21.4. The van der Waals surface area contributed by atoms with E-state index in [-0.39, 0.29) is 45.2 Å². The van der Waals surface area contributed by atoms with Crippen LogP contribution in [0.2, 0.25) is 0 Å². The van der Waals surface area contributed by atoms with E-state index in [0.29, 0.717) is 0 Å². The predicted molar refractivity (Wildman–Crippen MR) is 134 cm³/mol. The second-order valence-electron chi connectivity index (χ2n) is 7.65.